The first-order valence-electron chi connectivity index (χ1n) is 15.8. The van der Waals surface area contributed by atoms with Crippen LogP contribution in [0.15, 0.2) is 0 Å². The summed E-state index contributed by atoms with van der Waals surface area (Å²) in [4.78, 5) is 10.2. The second-order valence-corrected chi connectivity index (χ2v) is 11.9. The Morgan fingerprint density at radius 2 is 0.714 bits per heavy atom. The molecular formula is C32H67NO2. The Bertz CT molecular complexity index is 403. The highest BCUT2D eigenvalue weighted by Gasteiger charge is 2.04. The van der Waals surface area contributed by atoms with E-state index in [0.717, 1.165) is 17.3 Å². The normalized spacial score (nSPS) is 11.3. The zero-order valence-electron chi connectivity index (χ0n) is 25.1. The standard InChI is InChI=1S/C17H38N.C15H30O2/c1-5-6-7-8-9-10-11-12-13-14-15-16-17-18(2,3)4;1-2-3-4-5-6-7-8-9-10-11-12-13-14-15(16)17/h5-17H2,1-4H3;2-14H2,1H3,(H,16,17)/q+1;/p-1. The second-order valence-electron chi connectivity index (χ2n) is 11.9. The number of hydrogen-bond acceptors (Lipinski definition) is 2. The lowest BCUT2D eigenvalue weighted by Gasteiger charge is -2.23. The lowest BCUT2D eigenvalue weighted by molar-refractivity contribution is -0.870. The van der Waals surface area contributed by atoms with Gasteiger partial charge in [0.05, 0.1) is 27.7 Å². The third-order valence-corrected chi connectivity index (χ3v) is 6.92. The molecule has 0 saturated carbocycles. The number of aliphatic carboxylic acids is 1. The van der Waals surface area contributed by atoms with E-state index in [9.17, 15) is 9.90 Å². The fraction of sp³-hybridized carbons (Fsp3) is 0.969. The highest BCUT2D eigenvalue weighted by molar-refractivity contribution is 5.63. The van der Waals surface area contributed by atoms with Crippen molar-refractivity contribution in [1.29, 1.82) is 0 Å². The predicted molar refractivity (Wildman–Crippen MR) is 155 cm³/mol. The fourth-order valence-corrected chi connectivity index (χ4v) is 4.54. The molecule has 0 saturated heterocycles. The van der Waals surface area contributed by atoms with Crippen molar-refractivity contribution in [2.45, 2.75) is 174 Å². The van der Waals surface area contributed by atoms with Gasteiger partial charge < -0.3 is 14.4 Å². The maximum Gasteiger partial charge on any atom is 0.0780 e. The maximum absolute atomic E-state index is 10.2. The SMILES string of the molecule is CCCCCCCCCCCCCCC(=O)[O-].CCCCCCCCCCCCCC[N+](C)(C)C. The molecule has 0 aromatic carbocycles. The molecule has 0 amide bonds. The molecule has 3 nitrogen and oxygen atoms in total. The molecule has 0 aliphatic heterocycles. The second kappa shape index (κ2) is 29.7. The summed E-state index contributed by atoms with van der Waals surface area (Å²) in [6.45, 7) is 5.87. The number of carbonyl (C=O) groups is 1. The molecule has 0 aliphatic rings. The van der Waals surface area contributed by atoms with E-state index < -0.39 is 5.97 Å². The van der Waals surface area contributed by atoms with Gasteiger partial charge in [-0.3, -0.25) is 0 Å². The molecule has 0 bridgehead atoms. The summed E-state index contributed by atoms with van der Waals surface area (Å²) >= 11 is 0. The van der Waals surface area contributed by atoms with Crippen molar-refractivity contribution < 1.29 is 14.4 Å². The Labute approximate surface area is 222 Å². The minimum absolute atomic E-state index is 0.234. The van der Waals surface area contributed by atoms with Crippen LogP contribution in [0.25, 0.3) is 0 Å². The number of unbranched alkanes of at least 4 members (excludes halogenated alkanes) is 22. The molecule has 0 aliphatic carbocycles. The Morgan fingerprint density at radius 1 is 0.457 bits per heavy atom. The Balaban J connectivity index is 0. The van der Waals surface area contributed by atoms with E-state index in [0.29, 0.717) is 0 Å². The summed E-state index contributed by atoms with van der Waals surface area (Å²) in [5.74, 6) is -0.905. The third kappa shape index (κ3) is 40.9. The van der Waals surface area contributed by atoms with Gasteiger partial charge in [0.1, 0.15) is 0 Å². The van der Waals surface area contributed by atoms with E-state index in [4.69, 9.17) is 0 Å². The summed E-state index contributed by atoms with van der Waals surface area (Å²) in [5.41, 5.74) is 0. The summed E-state index contributed by atoms with van der Waals surface area (Å²) in [6, 6.07) is 0. The van der Waals surface area contributed by atoms with E-state index in [1.807, 2.05) is 0 Å². The molecule has 3 heteroatoms. The van der Waals surface area contributed by atoms with E-state index in [-0.39, 0.29) is 6.42 Å². The summed E-state index contributed by atoms with van der Waals surface area (Å²) in [7, 11) is 6.87. The van der Waals surface area contributed by atoms with Crippen molar-refractivity contribution in [3.05, 3.63) is 0 Å². The van der Waals surface area contributed by atoms with Gasteiger partial charge in [-0.15, -0.1) is 0 Å². The number of quaternary nitrogens is 1. The zero-order chi connectivity index (χ0) is 26.5. The quantitative estimate of drug-likeness (QED) is 0.0882. The minimum Gasteiger partial charge on any atom is -0.550 e. The molecule has 0 heterocycles. The average molecular weight is 498 g/mol. The number of rotatable bonds is 26. The van der Waals surface area contributed by atoms with Crippen LogP contribution in [0, 0.1) is 0 Å². The predicted octanol–water partition coefficient (Wildman–Crippen LogP) is 9.22. The van der Waals surface area contributed by atoms with Gasteiger partial charge in [0.2, 0.25) is 0 Å². The van der Waals surface area contributed by atoms with Crippen LogP contribution in [-0.2, 0) is 4.79 Å². The largest absolute Gasteiger partial charge is 0.550 e. The van der Waals surface area contributed by atoms with Gasteiger partial charge in [0.15, 0.2) is 0 Å². The molecule has 212 valence electrons. The summed E-state index contributed by atoms with van der Waals surface area (Å²) < 4.78 is 1.12. The average Bonchev–Trinajstić information content (AvgIpc) is 2.80. The molecule has 0 N–H and O–H groups in total. The van der Waals surface area contributed by atoms with Crippen molar-refractivity contribution in [3.8, 4) is 0 Å². The van der Waals surface area contributed by atoms with Crippen LogP contribution < -0.4 is 5.11 Å². The van der Waals surface area contributed by atoms with Gasteiger partial charge >= 0.3 is 0 Å². The van der Waals surface area contributed by atoms with Crippen LogP contribution in [0.4, 0.5) is 0 Å². The van der Waals surface area contributed by atoms with Crippen molar-refractivity contribution >= 4 is 5.97 Å². The third-order valence-electron chi connectivity index (χ3n) is 6.92. The Morgan fingerprint density at radius 3 is 0.971 bits per heavy atom. The number of carbonyl (C=O) groups excluding carboxylic acids is 1. The van der Waals surface area contributed by atoms with Gasteiger partial charge in [0, 0.05) is 5.97 Å². The smallest absolute Gasteiger partial charge is 0.0780 e. The first kappa shape index (κ1) is 36.6. The number of nitrogens with zero attached hydrogens (tertiary/aromatic N) is 1. The molecular weight excluding hydrogens is 430 g/mol. The van der Waals surface area contributed by atoms with Gasteiger partial charge in [-0.25, -0.2) is 0 Å². The highest BCUT2D eigenvalue weighted by atomic mass is 16.4. The van der Waals surface area contributed by atoms with E-state index in [1.165, 1.54) is 148 Å². The maximum atomic E-state index is 10.2. The summed E-state index contributed by atoms with van der Waals surface area (Å²) in [6.07, 6.45) is 32.9. The molecule has 0 aromatic rings. The Kier molecular flexibility index (Phi) is 31.0. The van der Waals surface area contributed by atoms with Crippen LogP contribution in [0.2, 0.25) is 0 Å². The number of carboxylic acid groups (broad SMARTS) is 1. The lowest BCUT2D eigenvalue weighted by Crippen LogP contribution is -2.35. The van der Waals surface area contributed by atoms with E-state index in [1.54, 1.807) is 0 Å². The van der Waals surface area contributed by atoms with Crippen LogP contribution in [0.1, 0.15) is 174 Å². The van der Waals surface area contributed by atoms with Crippen LogP contribution >= 0.6 is 0 Å². The van der Waals surface area contributed by atoms with Gasteiger partial charge in [-0.1, -0.05) is 149 Å². The van der Waals surface area contributed by atoms with Gasteiger partial charge in [-0.05, 0) is 25.7 Å². The van der Waals surface area contributed by atoms with E-state index in [2.05, 4.69) is 35.0 Å². The van der Waals surface area contributed by atoms with Gasteiger partial charge in [-0.2, -0.15) is 0 Å². The monoisotopic (exact) mass is 498 g/mol. The first-order valence-corrected chi connectivity index (χ1v) is 15.8. The van der Waals surface area contributed by atoms with Crippen molar-refractivity contribution in [1.82, 2.24) is 0 Å². The van der Waals surface area contributed by atoms with Crippen molar-refractivity contribution in [2.24, 2.45) is 0 Å². The molecule has 0 aromatic heterocycles. The molecule has 0 atom stereocenters. The topological polar surface area (TPSA) is 40.1 Å². The fourth-order valence-electron chi connectivity index (χ4n) is 4.54. The lowest BCUT2D eigenvalue weighted by atomic mass is 10.0. The molecule has 0 spiro atoms. The molecule has 0 unspecified atom stereocenters. The van der Waals surface area contributed by atoms with Crippen LogP contribution in [0.5, 0.6) is 0 Å². The van der Waals surface area contributed by atoms with Crippen LogP contribution in [0.3, 0.4) is 0 Å². The molecule has 0 rings (SSSR count). The molecule has 0 radical (unpaired) electrons. The molecule has 0 fully saturated rings. The first-order chi connectivity index (χ1) is 16.8. The van der Waals surface area contributed by atoms with Gasteiger partial charge in [0.25, 0.3) is 0 Å². The number of hydrogen-bond donors (Lipinski definition) is 0. The van der Waals surface area contributed by atoms with Crippen molar-refractivity contribution in [3.63, 3.8) is 0 Å². The zero-order valence-corrected chi connectivity index (χ0v) is 25.1. The van der Waals surface area contributed by atoms with Crippen molar-refractivity contribution in [2.75, 3.05) is 27.7 Å². The van der Waals surface area contributed by atoms with E-state index >= 15 is 0 Å². The highest BCUT2D eigenvalue weighted by Crippen LogP contribution is 2.13. The number of carboxylic acids is 1. The van der Waals surface area contributed by atoms with Crippen LogP contribution in [-0.4, -0.2) is 38.1 Å². The Hall–Kier alpha value is -0.570. The molecule has 35 heavy (non-hydrogen) atoms. The minimum atomic E-state index is -0.905. The summed E-state index contributed by atoms with van der Waals surface area (Å²) in [5, 5.41) is 10.2.